The third-order valence-electron chi connectivity index (χ3n) is 3.21. The van der Waals surface area contributed by atoms with Gasteiger partial charge in [-0.25, -0.2) is 0 Å². The molecule has 0 aromatic carbocycles. The maximum Gasteiger partial charge on any atom is 0.320 e. The van der Waals surface area contributed by atoms with Gasteiger partial charge < -0.3 is 9.47 Å². The predicted octanol–water partition coefficient (Wildman–Crippen LogP) is 2.22. The molecule has 0 aromatic heterocycles. The number of esters is 1. The van der Waals surface area contributed by atoms with Crippen molar-refractivity contribution in [2.75, 3.05) is 26.2 Å². The van der Waals surface area contributed by atoms with Gasteiger partial charge in [0.25, 0.3) is 0 Å². The zero-order valence-electron chi connectivity index (χ0n) is 12.2. The number of carbonyl (C=O) groups excluding carboxylic acids is 1. The van der Waals surface area contributed by atoms with Crippen LogP contribution >= 0.6 is 0 Å². The van der Waals surface area contributed by atoms with Crippen molar-refractivity contribution in [3.05, 3.63) is 0 Å². The Morgan fingerprint density at radius 1 is 1.44 bits per heavy atom. The molecule has 1 fully saturated rings. The minimum atomic E-state index is -0.136. The molecule has 0 aliphatic carbocycles. The molecule has 0 N–H and O–H groups in total. The van der Waals surface area contributed by atoms with Crippen molar-refractivity contribution in [2.45, 2.75) is 58.7 Å². The molecule has 1 unspecified atom stereocenters. The fraction of sp³-hybridized carbons (Fsp3) is 0.929. The molecule has 0 spiro atoms. The SMILES string of the molecule is CCCN(CC(=O)OCC)CC1CCC(C)(C)O1. The lowest BCUT2D eigenvalue weighted by Gasteiger charge is -2.25. The largest absolute Gasteiger partial charge is 0.465 e. The smallest absolute Gasteiger partial charge is 0.320 e. The highest BCUT2D eigenvalue weighted by Gasteiger charge is 2.32. The Kier molecular flexibility index (Phi) is 6.09. The number of carbonyl (C=O) groups is 1. The number of hydrogen-bond donors (Lipinski definition) is 0. The van der Waals surface area contributed by atoms with Gasteiger partial charge >= 0.3 is 5.97 Å². The molecule has 1 aliphatic rings. The van der Waals surface area contributed by atoms with E-state index in [0.717, 1.165) is 32.4 Å². The predicted molar refractivity (Wildman–Crippen MR) is 71.6 cm³/mol. The zero-order chi connectivity index (χ0) is 13.6. The van der Waals surface area contributed by atoms with Gasteiger partial charge in [-0.05, 0) is 46.6 Å². The normalized spacial score (nSPS) is 22.4. The van der Waals surface area contributed by atoms with E-state index < -0.39 is 0 Å². The summed E-state index contributed by atoms with van der Waals surface area (Å²) in [5.41, 5.74) is -0.00746. The summed E-state index contributed by atoms with van der Waals surface area (Å²) in [6.07, 6.45) is 3.46. The summed E-state index contributed by atoms with van der Waals surface area (Å²) in [4.78, 5) is 13.7. The highest BCUT2D eigenvalue weighted by molar-refractivity contribution is 5.71. The lowest BCUT2D eigenvalue weighted by molar-refractivity contribution is -0.144. The molecule has 1 atom stereocenters. The van der Waals surface area contributed by atoms with Gasteiger partial charge in [0.15, 0.2) is 0 Å². The van der Waals surface area contributed by atoms with Crippen LogP contribution in [0.25, 0.3) is 0 Å². The number of hydrogen-bond acceptors (Lipinski definition) is 4. The summed E-state index contributed by atoms with van der Waals surface area (Å²) in [5.74, 6) is -0.136. The molecule has 1 saturated heterocycles. The van der Waals surface area contributed by atoms with Gasteiger partial charge in [-0.2, -0.15) is 0 Å². The molecule has 4 nitrogen and oxygen atoms in total. The Hall–Kier alpha value is -0.610. The fourth-order valence-electron chi connectivity index (χ4n) is 2.43. The Morgan fingerprint density at radius 2 is 2.17 bits per heavy atom. The molecule has 18 heavy (non-hydrogen) atoms. The first-order valence-corrected chi connectivity index (χ1v) is 7.02. The molecule has 0 amide bonds. The lowest BCUT2D eigenvalue weighted by atomic mass is 10.1. The third kappa shape index (κ3) is 5.36. The third-order valence-corrected chi connectivity index (χ3v) is 3.21. The van der Waals surface area contributed by atoms with Gasteiger partial charge in [0.1, 0.15) is 0 Å². The van der Waals surface area contributed by atoms with E-state index in [2.05, 4.69) is 25.7 Å². The summed E-state index contributed by atoms with van der Waals surface area (Å²) in [6.45, 7) is 10.8. The molecule has 1 aliphatic heterocycles. The molecular formula is C14H27NO3. The second-order valence-electron chi connectivity index (χ2n) is 5.58. The van der Waals surface area contributed by atoms with E-state index in [-0.39, 0.29) is 17.7 Å². The highest BCUT2D eigenvalue weighted by Crippen LogP contribution is 2.29. The van der Waals surface area contributed by atoms with Crippen LogP contribution in [-0.2, 0) is 14.3 Å². The standard InChI is InChI=1S/C14H27NO3/c1-5-9-15(11-13(16)17-6-2)10-12-7-8-14(3,4)18-12/h12H,5-11H2,1-4H3. The molecule has 0 radical (unpaired) electrons. The van der Waals surface area contributed by atoms with Crippen LogP contribution in [-0.4, -0.2) is 48.8 Å². The first-order chi connectivity index (χ1) is 8.46. The van der Waals surface area contributed by atoms with E-state index in [1.807, 2.05) is 6.92 Å². The fourth-order valence-corrected chi connectivity index (χ4v) is 2.43. The molecule has 0 saturated carbocycles. The average molecular weight is 257 g/mol. The average Bonchev–Trinajstić information content (AvgIpc) is 2.58. The minimum Gasteiger partial charge on any atom is -0.465 e. The van der Waals surface area contributed by atoms with Gasteiger partial charge in [-0.3, -0.25) is 9.69 Å². The second-order valence-corrected chi connectivity index (χ2v) is 5.58. The Morgan fingerprint density at radius 3 is 2.67 bits per heavy atom. The minimum absolute atomic E-state index is 0.00746. The molecule has 0 bridgehead atoms. The first kappa shape index (κ1) is 15.4. The summed E-state index contributed by atoms with van der Waals surface area (Å²) in [5, 5.41) is 0. The van der Waals surface area contributed by atoms with Crippen LogP contribution in [0.2, 0.25) is 0 Å². The van der Waals surface area contributed by atoms with Gasteiger partial charge in [0.05, 0.1) is 24.9 Å². The van der Waals surface area contributed by atoms with Crippen molar-refractivity contribution in [2.24, 2.45) is 0 Å². The van der Waals surface area contributed by atoms with Gasteiger partial charge in [0.2, 0.25) is 0 Å². The summed E-state index contributed by atoms with van der Waals surface area (Å²) >= 11 is 0. The molecule has 4 heteroatoms. The Labute approximate surface area is 111 Å². The number of rotatable bonds is 7. The summed E-state index contributed by atoms with van der Waals surface area (Å²) in [7, 11) is 0. The van der Waals surface area contributed by atoms with Crippen molar-refractivity contribution in [1.82, 2.24) is 4.90 Å². The van der Waals surface area contributed by atoms with Crippen molar-refractivity contribution in [1.29, 1.82) is 0 Å². The lowest BCUT2D eigenvalue weighted by Crippen LogP contribution is -2.38. The number of ether oxygens (including phenoxy) is 2. The maximum atomic E-state index is 11.5. The summed E-state index contributed by atoms with van der Waals surface area (Å²) in [6, 6.07) is 0. The van der Waals surface area contributed by atoms with E-state index in [0.29, 0.717) is 13.2 Å². The molecule has 0 aromatic rings. The Bertz CT molecular complexity index is 266. The Balaban J connectivity index is 2.40. The second kappa shape index (κ2) is 7.10. The zero-order valence-corrected chi connectivity index (χ0v) is 12.2. The maximum absolute atomic E-state index is 11.5. The van der Waals surface area contributed by atoms with Crippen LogP contribution in [0, 0.1) is 0 Å². The van der Waals surface area contributed by atoms with Crippen molar-refractivity contribution < 1.29 is 14.3 Å². The van der Waals surface area contributed by atoms with Crippen LogP contribution in [0.5, 0.6) is 0 Å². The van der Waals surface area contributed by atoms with E-state index >= 15 is 0 Å². The molecular weight excluding hydrogens is 230 g/mol. The van der Waals surface area contributed by atoms with Gasteiger partial charge in [-0.15, -0.1) is 0 Å². The van der Waals surface area contributed by atoms with Crippen LogP contribution in [0.4, 0.5) is 0 Å². The van der Waals surface area contributed by atoms with E-state index in [9.17, 15) is 4.79 Å². The van der Waals surface area contributed by atoms with E-state index in [1.54, 1.807) is 0 Å². The van der Waals surface area contributed by atoms with Crippen LogP contribution in [0.15, 0.2) is 0 Å². The quantitative estimate of drug-likeness (QED) is 0.656. The molecule has 106 valence electrons. The first-order valence-electron chi connectivity index (χ1n) is 7.02. The monoisotopic (exact) mass is 257 g/mol. The van der Waals surface area contributed by atoms with Crippen molar-refractivity contribution in [3.8, 4) is 0 Å². The topological polar surface area (TPSA) is 38.8 Å². The van der Waals surface area contributed by atoms with Crippen LogP contribution in [0.3, 0.4) is 0 Å². The number of nitrogens with zero attached hydrogens (tertiary/aromatic N) is 1. The molecule has 1 heterocycles. The van der Waals surface area contributed by atoms with Crippen LogP contribution < -0.4 is 0 Å². The van der Waals surface area contributed by atoms with E-state index in [4.69, 9.17) is 9.47 Å². The van der Waals surface area contributed by atoms with Crippen molar-refractivity contribution in [3.63, 3.8) is 0 Å². The molecule has 1 rings (SSSR count). The van der Waals surface area contributed by atoms with Gasteiger partial charge in [-0.1, -0.05) is 6.92 Å². The highest BCUT2D eigenvalue weighted by atomic mass is 16.5. The summed E-state index contributed by atoms with van der Waals surface area (Å²) < 4.78 is 11.0. The van der Waals surface area contributed by atoms with Gasteiger partial charge in [0, 0.05) is 6.54 Å². The van der Waals surface area contributed by atoms with E-state index in [1.165, 1.54) is 0 Å². The van der Waals surface area contributed by atoms with Crippen molar-refractivity contribution >= 4 is 5.97 Å². The van der Waals surface area contributed by atoms with Crippen LogP contribution in [0.1, 0.15) is 47.0 Å².